The minimum Gasteiger partial charge on any atom is -0.480 e. The summed E-state index contributed by atoms with van der Waals surface area (Å²) in [5.41, 5.74) is 0.785. The number of carbonyl (C=O) groups excluding carboxylic acids is 1. The molecule has 1 aromatic heterocycles. The number of nitrogens with one attached hydrogen (secondary N) is 2. The number of sulfonamides is 1. The normalized spacial score (nSPS) is 12.2. The van der Waals surface area contributed by atoms with E-state index >= 15 is 0 Å². The molecule has 184 valence electrons. The third-order valence-corrected chi connectivity index (χ3v) is 7.31. The lowest BCUT2D eigenvalue weighted by Gasteiger charge is -2.18. The highest BCUT2D eigenvalue weighted by molar-refractivity contribution is 7.93. The molecule has 0 aliphatic carbocycles. The van der Waals surface area contributed by atoms with E-state index in [0.29, 0.717) is 11.1 Å². The Labute approximate surface area is 216 Å². The molecule has 12 heteroatoms. The number of benzene rings is 3. The van der Waals surface area contributed by atoms with Crippen molar-refractivity contribution < 1.29 is 23.1 Å². The molecule has 3 N–H and O–H groups in total. The second-order valence-corrected chi connectivity index (χ2v) is 10.1. The van der Waals surface area contributed by atoms with Crippen molar-refractivity contribution in [1.29, 1.82) is 0 Å². The molecule has 36 heavy (non-hydrogen) atoms. The van der Waals surface area contributed by atoms with Crippen molar-refractivity contribution in [3.05, 3.63) is 94.2 Å². The molecule has 0 aliphatic heterocycles. The molecule has 0 saturated carbocycles. The van der Waals surface area contributed by atoms with Crippen molar-refractivity contribution in [3.8, 4) is 0 Å². The molecular weight excluding hydrogens is 527 g/mol. The van der Waals surface area contributed by atoms with Gasteiger partial charge in [-0.25, -0.2) is 13.2 Å². The van der Waals surface area contributed by atoms with Crippen LogP contribution in [-0.4, -0.2) is 41.4 Å². The van der Waals surface area contributed by atoms with Crippen molar-refractivity contribution in [2.45, 2.75) is 17.4 Å². The van der Waals surface area contributed by atoms with E-state index in [0.717, 1.165) is 0 Å². The first kappa shape index (κ1) is 25.4. The minimum absolute atomic E-state index is 0.0114. The Hall–Kier alpha value is -3.73. The zero-order valence-corrected chi connectivity index (χ0v) is 20.7. The van der Waals surface area contributed by atoms with Gasteiger partial charge in [0.15, 0.2) is 0 Å². The highest BCUT2D eigenvalue weighted by Crippen LogP contribution is 2.31. The fraction of sp³-hybridized carbons (Fsp3) is 0.0833. The topological polar surface area (TPSA) is 138 Å². The maximum atomic E-state index is 13.3. The van der Waals surface area contributed by atoms with E-state index in [9.17, 15) is 23.1 Å². The highest BCUT2D eigenvalue weighted by atomic mass is 35.5. The number of carboxylic acid groups (broad SMARTS) is 1. The Morgan fingerprint density at radius 2 is 1.64 bits per heavy atom. The predicted molar refractivity (Wildman–Crippen MR) is 136 cm³/mol. The van der Waals surface area contributed by atoms with E-state index in [4.69, 9.17) is 23.2 Å². The highest BCUT2D eigenvalue weighted by Gasteiger charge is 2.26. The summed E-state index contributed by atoms with van der Waals surface area (Å²) in [5.74, 6) is -2.11. The van der Waals surface area contributed by atoms with Gasteiger partial charge < -0.3 is 10.4 Å². The van der Waals surface area contributed by atoms with Gasteiger partial charge in [0.25, 0.3) is 15.9 Å². The van der Waals surface area contributed by atoms with E-state index < -0.39 is 27.9 Å². The van der Waals surface area contributed by atoms with Crippen molar-refractivity contribution in [1.82, 2.24) is 15.3 Å². The Morgan fingerprint density at radius 3 is 2.36 bits per heavy atom. The van der Waals surface area contributed by atoms with Crippen LogP contribution in [0.25, 0.3) is 11.0 Å². The summed E-state index contributed by atoms with van der Waals surface area (Å²) in [7, 11) is -4.27. The largest absolute Gasteiger partial charge is 0.480 e. The number of anilines is 1. The molecule has 1 atom stereocenters. The molecule has 1 heterocycles. The van der Waals surface area contributed by atoms with Crippen molar-refractivity contribution in [2.24, 2.45) is 0 Å². The first-order chi connectivity index (χ1) is 17.2. The van der Waals surface area contributed by atoms with Gasteiger partial charge in [0.1, 0.15) is 16.5 Å². The van der Waals surface area contributed by atoms with E-state index in [2.05, 4.69) is 20.0 Å². The number of para-hydroxylation sites is 1. The van der Waals surface area contributed by atoms with Crippen LogP contribution in [0.15, 0.2) is 78.0 Å². The van der Waals surface area contributed by atoms with Crippen LogP contribution in [-0.2, 0) is 21.2 Å². The van der Waals surface area contributed by atoms with E-state index in [1.165, 1.54) is 36.7 Å². The average molecular weight is 545 g/mol. The maximum Gasteiger partial charge on any atom is 0.326 e. The number of rotatable bonds is 8. The number of halogens is 2. The summed E-state index contributed by atoms with van der Waals surface area (Å²) in [4.78, 5) is 33.0. The second-order valence-electron chi connectivity index (χ2n) is 7.65. The van der Waals surface area contributed by atoms with E-state index in [-0.39, 0.29) is 38.1 Å². The van der Waals surface area contributed by atoms with Gasteiger partial charge in [-0.15, -0.1) is 0 Å². The molecule has 0 saturated heterocycles. The van der Waals surface area contributed by atoms with Crippen LogP contribution in [0.2, 0.25) is 10.0 Å². The standard InChI is InChI=1S/C24H18Cl2N4O5S/c25-16-12-15(23(31)29-20(24(32)33)11-14-5-2-1-3-6-14)19(13-17(16)26)30-36(34,35)21-8-4-7-18-22(21)28-10-9-27-18/h1-10,12-13,20,30H,11H2,(H,29,31)(H,32,33)/t20-/m0/s1. The molecule has 4 rings (SSSR count). The van der Waals surface area contributed by atoms with Gasteiger partial charge in [-0.3, -0.25) is 19.5 Å². The number of aromatic nitrogens is 2. The number of hydrogen-bond donors (Lipinski definition) is 3. The third kappa shape index (κ3) is 5.56. The molecule has 0 unspecified atom stereocenters. The number of hydrogen-bond acceptors (Lipinski definition) is 6. The van der Waals surface area contributed by atoms with Gasteiger partial charge in [0.2, 0.25) is 0 Å². The zero-order chi connectivity index (χ0) is 25.9. The Bertz CT molecular complexity index is 1560. The SMILES string of the molecule is O=C(N[C@@H](Cc1ccccc1)C(=O)O)c1cc(Cl)c(Cl)cc1NS(=O)(=O)c1cccc2nccnc12. The van der Waals surface area contributed by atoms with Crippen LogP contribution >= 0.6 is 23.2 Å². The summed E-state index contributed by atoms with van der Waals surface area (Å²) in [6.07, 6.45) is 2.80. The van der Waals surface area contributed by atoms with Crippen LogP contribution in [0.5, 0.6) is 0 Å². The van der Waals surface area contributed by atoms with E-state index in [1.807, 2.05) is 0 Å². The Kier molecular flexibility index (Phi) is 7.39. The van der Waals surface area contributed by atoms with Gasteiger partial charge in [-0.2, -0.15) is 0 Å². The van der Waals surface area contributed by atoms with Crippen LogP contribution < -0.4 is 10.0 Å². The first-order valence-corrected chi connectivity index (χ1v) is 12.7. The van der Waals surface area contributed by atoms with Crippen LogP contribution in [0.4, 0.5) is 5.69 Å². The second kappa shape index (κ2) is 10.5. The quantitative estimate of drug-likeness (QED) is 0.302. The number of nitrogens with zero attached hydrogens (tertiary/aromatic N) is 2. The van der Waals surface area contributed by atoms with Gasteiger partial charge in [0.05, 0.1) is 26.8 Å². The Morgan fingerprint density at radius 1 is 0.944 bits per heavy atom. The summed E-state index contributed by atoms with van der Waals surface area (Å²) < 4.78 is 28.9. The fourth-order valence-corrected chi connectivity index (χ4v) is 5.05. The third-order valence-electron chi connectivity index (χ3n) is 5.19. The molecular formula is C24H18Cl2N4O5S. The molecule has 0 radical (unpaired) electrons. The van der Waals surface area contributed by atoms with Crippen LogP contribution in [0.3, 0.4) is 0 Å². The van der Waals surface area contributed by atoms with Crippen molar-refractivity contribution >= 4 is 61.8 Å². The summed E-state index contributed by atoms with van der Waals surface area (Å²) >= 11 is 12.2. The molecule has 4 aromatic rings. The minimum atomic E-state index is -4.27. The van der Waals surface area contributed by atoms with Gasteiger partial charge >= 0.3 is 5.97 Å². The monoisotopic (exact) mass is 544 g/mol. The number of aliphatic carboxylic acids is 1. The van der Waals surface area contributed by atoms with Crippen LogP contribution in [0.1, 0.15) is 15.9 Å². The molecule has 0 spiro atoms. The smallest absolute Gasteiger partial charge is 0.326 e. The molecule has 0 aliphatic rings. The molecule has 1 amide bonds. The summed E-state index contributed by atoms with van der Waals surface area (Å²) in [6.45, 7) is 0. The van der Waals surface area contributed by atoms with Crippen molar-refractivity contribution in [2.75, 3.05) is 4.72 Å². The van der Waals surface area contributed by atoms with Gasteiger partial charge in [0, 0.05) is 18.8 Å². The lowest BCUT2D eigenvalue weighted by Crippen LogP contribution is -2.42. The lowest BCUT2D eigenvalue weighted by molar-refractivity contribution is -0.139. The fourth-order valence-electron chi connectivity index (χ4n) is 3.49. The first-order valence-electron chi connectivity index (χ1n) is 10.4. The Balaban J connectivity index is 1.68. The predicted octanol–water partition coefficient (Wildman–Crippen LogP) is 4.16. The molecule has 0 fully saturated rings. The summed E-state index contributed by atoms with van der Waals surface area (Å²) in [5, 5.41) is 12.0. The van der Waals surface area contributed by atoms with Gasteiger partial charge in [-0.05, 0) is 29.8 Å². The summed E-state index contributed by atoms with van der Waals surface area (Å²) in [6, 6.07) is 14.3. The number of fused-ring (bicyclic) bond motifs is 1. The zero-order valence-electron chi connectivity index (χ0n) is 18.4. The molecule has 3 aromatic carbocycles. The number of amides is 1. The number of carboxylic acids is 1. The van der Waals surface area contributed by atoms with Crippen LogP contribution in [0, 0.1) is 0 Å². The van der Waals surface area contributed by atoms with E-state index in [1.54, 1.807) is 36.4 Å². The maximum absolute atomic E-state index is 13.3. The molecule has 9 nitrogen and oxygen atoms in total. The van der Waals surface area contributed by atoms with Gasteiger partial charge in [-0.1, -0.05) is 59.6 Å². The van der Waals surface area contributed by atoms with Crippen molar-refractivity contribution in [3.63, 3.8) is 0 Å². The average Bonchev–Trinajstić information content (AvgIpc) is 2.85. The lowest BCUT2D eigenvalue weighted by atomic mass is 10.1. The molecule has 0 bridgehead atoms. The number of carbonyl (C=O) groups is 2.